The van der Waals surface area contributed by atoms with E-state index in [-0.39, 0.29) is 23.9 Å². The number of benzene rings is 2. The van der Waals surface area contributed by atoms with E-state index in [4.69, 9.17) is 15.6 Å². The number of aliphatic carboxylic acids is 1. The van der Waals surface area contributed by atoms with Gasteiger partial charge in [0.05, 0.1) is 5.54 Å². The van der Waals surface area contributed by atoms with Crippen LogP contribution >= 0.6 is 11.3 Å². The summed E-state index contributed by atoms with van der Waals surface area (Å²) < 4.78 is 5.58. The summed E-state index contributed by atoms with van der Waals surface area (Å²) in [4.78, 5) is 26.1. The molecule has 1 amide bonds. The molecule has 3 aromatic rings. The molecule has 0 aliphatic heterocycles. The zero-order chi connectivity index (χ0) is 26.7. The first-order chi connectivity index (χ1) is 17.8. The van der Waals surface area contributed by atoms with Crippen LogP contribution < -0.4 is 15.8 Å². The Morgan fingerprint density at radius 2 is 1.73 bits per heavy atom. The van der Waals surface area contributed by atoms with Crippen molar-refractivity contribution < 1.29 is 19.4 Å². The molecule has 0 atom stereocenters. The summed E-state index contributed by atoms with van der Waals surface area (Å²) in [6.07, 6.45) is 4.74. The Morgan fingerprint density at radius 3 is 2.32 bits per heavy atom. The molecule has 7 nitrogen and oxygen atoms in total. The van der Waals surface area contributed by atoms with Gasteiger partial charge >= 0.3 is 5.97 Å². The van der Waals surface area contributed by atoms with Crippen LogP contribution in [0, 0.1) is 0 Å². The molecule has 37 heavy (non-hydrogen) atoms. The molecule has 2 aromatic carbocycles. The number of rotatable bonds is 9. The average molecular weight is 524 g/mol. The fourth-order valence-electron chi connectivity index (χ4n) is 4.60. The summed E-state index contributed by atoms with van der Waals surface area (Å²) in [5.41, 5.74) is 6.42. The second kappa shape index (κ2) is 13.8. The lowest BCUT2D eigenvalue weighted by atomic mass is 9.77. The summed E-state index contributed by atoms with van der Waals surface area (Å²) in [5, 5.41) is 13.8. The Kier molecular flexibility index (Phi) is 10.5. The zero-order valence-corrected chi connectivity index (χ0v) is 22.4. The normalized spacial score (nSPS) is 18.9. The maximum atomic E-state index is 11.9. The summed E-state index contributed by atoms with van der Waals surface area (Å²) in [6, 6.07) is 21.5. The van der Waals surface area contributed by atoms with Gasteiger partial charge in [-0.25, -0.2) is 0 Å². The quantitative estimate of drug-likeness (QED) is 0.303. The van der Waals surface area contributed by atoms with E-state index in [1.807, 2.05) is 48.5 Å². The van der Waals surface area contributed by atoms with Gasteiger partial charge in [0.1, 0.15) is 11.5 Å². The van der Waals surface area contributed by atoms with Crippen LogP contribution in [0.2, 0.25) is 0 Å². The highest BCUT2D eigenvalue weighted by atomic mass is 32.1. The minimum absolute atomic E-state index is 0.0234. The van der Waals surface area contributed by atoms with E-state index in [0.29, 0.717) is 18.5 Å². The van der Waals surface area contributed by atoms with E-state index < -0.39 is 5.97 Å². The Hall–Kier alpha value is -3.36. The Labute approximate surface area is 223 Å². The number of carboxylic acids is 1. The summed E-state index contributed by atoms with van der Waals surface area (Å²) in [7, 11) is 4.26. The van der Waals surface area contributed by atoms with Crippen molar-refractivity contribution in [1.82, 2.24) is 10.2 Å². The van der Waals surface area contributed by atoms with Gasteiger partial charge in [0, 0.05) is 35.5 Å². The summed E-state index contributed by atoms with van der Waals surface area (Å²) in [5.74, 6) is 0.709. The van der Waals surface area contributed by atoms with Crippen LogP contribution in [-0.4, -0.2) is 42.0 Å². The fourth-order valence-corrected chi connectivity index (χ4v) is 5.67. The van der Waals surface area contributed by atoms with Crippen LogP contribution in [0.3, 0.4) is 0 Å². The molecule has 4 rings (SSSR count). The van der Waals surface area contributed by atoms with Crippen LogP contribution in [0.5, 0.6) is 11.5 Å². The molecule has 0 radical (unpaired) electrons. The zero-order valence-electron chi connectivity index (χ0n) is 21.6. The van der Waals surface area contributed by atoms with E-state index in [0.717, 1.165) is 37.2 Å². The van der Waals surface area contributed by atoms with Crippen molar-refractivity contribution in [2.24, 2.45) is 0 Å². The molecule has 0 unspecified atom stereocenters. The molecule has 1 saturated carbocycles. The topological polar surface area (TPSA) is 105 Å². The van der Waals surface area contributed by atoms with Gasteiger partial charge in [-0.15, -0.1) is 11.3 Å². The number of carboxylic acid groups (broad SMARTS) is 1. The minimum atomic E-state index is -0.845. The number of thiophene rings is 1. The summed E-state index contributed by atoms with van der Waals surface area (Å²) >= 11 is 1.80. The van der Waals surface area contributed by atoms with E-state index in [1.54, 1.807) is 17.4 Å². The van der Waals surface area contributed by atoms with Crippen molar-refractivity contribution in [1.29, 1.82) is 0 Å². The lowest BCUT2D eigenvalue weighted by molar-refractivity contribution is -0.137. The number of nitrogens with zero attached hydrogens (tertiary/aromatic N) is 1. The number of hydrogen-bond donors (Lipinski definition) is 3. The largest absolute Gasteiger partial charge is 0.481 e. The van der Waals surface area contributed by atoms with Crippen molar-refractivity contribution in [2.75, 3.05) is 19.8 Å². The van der Waals surface area contributed by atoms with Gasteiger partial charge < -0.3 is 20.9 Å². The number of amides is 1. The molecular formula is C29H37N3O4S. The number of anilines is 1. The number of hydrogen-bond acceptors (Lipinski definition) is 6. The molecule has 0 bridgehead atoms. The third-order valence-electron chi connectivity index (χ3n) is 6.65. The maximum Gasteiger partial charge on any atom is 0.303 e. The molecular weight excluding hydrogens is 486 g/mol. The van der Waals surface area contributed by atoms with E-state index in [2.05, 4.69) is 41.8 Å². The lowest BCUT2D eigenvalue weighted by Gasteiger charge is -2.44. The van der Waals surface area contributed by atoms with Gasteiger partial charge in [0.2, 0.25) is 5.91 Å². The van der Waals surface area contributed by atoms with Gasteiger partial charge in [-0.2, -0.15) is 0 Å². The van der Waals surface area contributed by atoms with Crippen LogP contribution in [0.15, 0.2) is 72.1 Å². The lowest BCUT2D eigenvalue weighted by Crippen LogP contribution is -2.48. The van der Waals surface area contributed by atoms with E-state index >= 15 is 0 Å². The molecule has 1 aliphatic carbocycles. The third-order valence-corrected chi connectivity index (χ3v) is 7.71. The number of nitrogens with one attached hydrogen (secondary N) is 1. The van der Waals surface area contributed by atoms with Crippen molar-refractivity contribution in [3.63, 3.8) is 0 Å². The van der Waals surface area contributed by atoms with Gasteiger partial charge in [-0.1, -0.05) is 30.3 Å². The van der Waals surface area contributed by atoms with Crippen molar-refractivity contribution in [3.05, 3.63) is 77.0 Å². The smallest absolute Gasteiger partial charge is 0.303 e. The molecule has 1 aliphatic rings. The molecule has 198 valence electrons. The predicted molar refractivity (Wildman–Crippen MR) is 149 cm³/mol. The third kappa shape index (κ3) is 8.61. The Morgan fingerprint density at radius 1 is 1.03 bits per heavy atom. The Balaban J connectivity index is 0.000000231. The van der Waals surface area contributed by atoms with Gasteiger partial charge in [-0.3, -0.25) is 14.5 Å². The molecule has 8 heteroatoms. The van der Waals surface area contributed by atoms with Crippen LogP contribution in [-0.2, 0) is 15.1 Å². The first-order valence-electron chi connectivity index (χ1n) is 12.6. The first kappa shape index (κ1) is 28.2. The SMILES string of the molecule is CN(C)C1(c2cccs2)CCC(NC(=O)CCCC(=O)O)CC1.Nc1cccc(Oc2ccccc2)c1. The van der Waals surface area contributed by atoms with Crippen molar-refractivity contribution in [2.45, 2.75) is 56.5 Å². The number of nitrogen functional groups attached to an aromatic ring is 1. The number of nitrogens with two attached hydrogens (primary N) is 1. The van der Waals surface area contributed by atoms with Crippen LogP contribution in [0.4, 0.5) is 5.69 Å². The first-order valence-corrected chi connectivity index (χ1v) is 13.5. The number of carbonyl (C=O) groups excluding carboxylic acids is 1. The average Bonchev–Trinajstić information content (AvgIpc) is 3.41. The van der Waals surface area contributed by atoms with E-state index in [9.17, 15) is 9.59 Å². The highest BCUT2D eigenvalue weighted by Crippen LogP contribution is 2.43. The Bertz CT molecular complexity index is 1110. The molecule has 0 spiro atoms. The molecule has 1 heterocycles. The second-order valence-corrected chi connectivity index (χ2v) is 10.4. The number of carbonyl (C=O) groups is 2. The fraction of sp³-hybridized carbons (Fsp3) is 0.379. The minimum Gasteiger partial charge on any atom is -0.481 e. The highest BCUT2D eigenvalue weighted by molar-refractivity contribution is 7.10. The van der Waals surface area contributed by atoms with Gasteiger partial charge in [0.15, 0.2) is 0 Å². The maximum absolute atomic E-state index is 11.9. The van der Waals surface area contributed by atoms with E-state index in [1.165, 1.54) is 4.88 Å². The molecule has 1 aromatic heterocycles. The summed E-state index contributed by atoms with van der Waals surface area (Å²) in [6.45, 7) is 0. The monoisotopic (exact) mass is 523 g/mol. The van der Waals surface area contributed by atoms with Crippen molar-refractivity contribution in [3.8, 4) is 11.5 Å². The second-order valence-electron chi connectivity index (χ2n) is 9.48. The predicted octanol–water partition coefficient (Wildman–Crippen LogP) is 5.88. The molecule has 0 saturated heterocycles. The van der Waals surface area contributed by atoms with Crippen LogP contribution in [0.1, 0.15) is 49.8 Å². The van der Waals surface area contributed by atoms with Gasteiger partial charge in [-0.05, 0) is 81.9 Å². The van der Waals surface area contributed by atoms with Crippen molar-refractivity contribution >= 4 is 28.9 Å². The standard InChI is InChI=1S/C17H26N2O3S.C12H11NO/c1-19(2)17(14-5-4-12-23-14)10-8-13(9-11-17)18-15(20)6-3-7-16(21)22;13-10-5-4-8-12(9-10)14-11-6-2-1-3-7-11/h4-5,12-13H,3,6-11H2,1-2H3,(H,18,20)(H,21,22);1-9H,13H2. The van der Waals surface area contributed by atoms with Gasteiger partial charge in [0.25, 0.3) is 0 Å². The number of para-hydroxylation sites is 1. The number of ether oxygens (including phenoxy) is 1. The van der Waals surface area contributed by atoms with Crippen LogP contribution in [0.25, 0.3) is 0 Å². The molecule has 1 fully saturated rings. The highest BCUT2D eigenvalue weighted by Gasteiger charge is 2.39. The molecule has 4 N–H and O–H groups in total.